The summed E-state index contributed by atoms with van der Waals surface area (Å²) in [6, 6.07) is 15.2. The van der Waals surface area contributed by atoms with Crippen LogP contribution in [0.5, 0.6) is 5.75 Å². The standard InChI is InChI=1S/C21H27N3O3/c22-21(25)19-3-1-2-18(16-19)17-4-6-20(7-5-17)27-13-9-23-8-10-24-11-14-26-15-12-24/h1-7,16,23H,8-15H2,(H2,22,25). The molecule has 1 fully saturated rings. The number of carbonyl (C=O) groups is 1. The number of rotatable bonds is 9. The lowest BCUT2D eigenvalue weighted by Crippen LogP contribution is -2.40. The smallest absolute Gasteiger partial charge is 0.248 e. The second-order valence-electron chi connectivity index (χ2n) is 6.52. The monoisotopic (exact) mass is 369 g/mol. The number of carbonyl (C=O) groups excluding carboxylic acids is 1. The fourth-order valence-electron chi connectivity index (χ4n) is 3.02. The molecule has 3 rings (SSSR count). The van der Waals surface area contributed by atoms with E-state index >= 15 is 0 Å². The van der Waals surface area contributed by atoms with Crippen LogP contribution in [-0.2, 0) is 4.74 Å². The van der Waals surface area contributed by atoms with E-state index in [0.29, 0.717) is 12.2 Å². The molecule has 144 valence electrons. The number of ether oxygens (including phenoxy) is 2. The van der Waals surface area contributed by atoms with Crippen molar-refractivity contribution in [3.05, 3.63) is 54.1 Å². The minimum Gasteiger partial charge on any atom is -0.492 e. The van der Waals surface area contributed by atoms with E-state index in [1.54, 1.807) is 12.1 Å². The van der Waals surface area contributed by atoms with E-state index in [2.05, 4.69) is 10.2 Å². The minimum atomic E-state index is -0.419. The van der Waals surface area contributed by atoms with Crippen molar-refractivity contribution in [1.29, 1.82) is 0 Å². The molecule has 1 amide bonds. The zero-order valence-corrected chi connectivity index (χ0v) is 15.5. The predicted octanol–water partition coefficient (Wildman–Crippen LogP) is 1.75. The number of hydrogen-bond acceptors (Lipinski definition) is 5. The van der Waals surface area contributed by atoms with Crippen molar-refractivity contribution in [2.75, 3.05) is 52.5 Å². The summed E-state index contributed by atoms with van der Waals surface area (Å²) in [4.78, 5) is 13.7. The molecular formula is C21H27N3O3. The van der Waals surface area contributed by atoms with Crippen LogP contribution >= 0.6 is 0 Å². The van der Waals surface area contributed by atoms with E-state index in [4.69, 9.17) is 15.2 Å². The van der Waals surface area contributed by atoms with Crippen molar-refractivity contribution in [2.45, 2.75) is 0 Å². The lowest BCUT2D eigenvalue weighted by Gasteiger charge is -2.26. The molecule has 2 aromatic rings. The maximum Gasteiger partial charge on any atom is 0.248 e. The lowest BCUT2D eigenvalue weighted by molar-refractivity contribution is 0.0383. The van der Waals surface area contributed by atoms with Gasteiger partial charge in [0.2, 0.25) is 5.91 Å². The Balaban J connectivity index is 1.39. The zero-order chi connectivity index (χ0) is 18.9. The molecule has 3 N–H and O–H groups in total. The average Bonchev–Trinajstić information content (AvgIpc) is 2.72. The molecule has 1 heterocycles. The van der Waals surface area contributed by atoms with Crippen LogP contribution in [0.15, 0.2) is 48.5 Å². The molecule has 0 atom stereocenters. The number of benzene rings is 2. The molecular weight excluding hydrogens is 342 g/mol. The SMILES string of the molecule is NC(=O)c1cccc(-c2ccc(OCCNCCN3CCOCC3)cc2)c1. The van der Waals surface area contributed by atoms with Crippen LogP contribution in [0.3, 0.4) is 0 Å². The van der Waals surface area contributed by atoms with Crippen LogP contribution in [0.25, 0.3) is 11.1 Å². The Bertz CT molecular complexity index is 728. The molecule has 0 unspecified atom stereocenters. The fraction of sp³-hybridized carbons (Fsp3) is 0.381. The highest BCUT2D eigenvalue weighted by Crippen LogP contribution is 2.23. The van der Waals surface area contributed by atoms with E-state index in [-0.39, 0.29) is 0 Å². The van der Waals surface area contributed by atoms with Crippen LogP contribution in [0, 0.1) is 0 Å². The van der Waals surface area contributed by atoms with Gasteiger partial charge in [-0.2, -0.15) is 0 Å². The van der Waals surface area contributed by atoms with Gasteiger partial charge in [-0.3, -0.25) is 9.69 Å². The molecule has 1 saturated heterocycles. The molecule has 0 radical (unpaired) electrons. The van der Waals surface area contributed by atoms with Crippen LogP contribution < -0.4 is 15.8 Å². The molecule has 0 aromatic heterocycles. The number of nitrogens with zero attached hydrogens (tertiary/aromatic N) is 1. The number of nitrogens with two attached hydrogens (primary N) is 1. The normalized spacial score (nSPS) is 14.8. The van der Waals surface area contributed by atoms with Gasteiger partial charge < -0.3 is 20.5 Å². The Morgan fingerprint density at radius 1 is 1.07 bits per heavy atom. The van der Waals surface area contributed by atoms with Gasteiger partial charge in [-0.05, 0) is 35.4 Å². The quantitative estimate of drug-likeness (QED) is 0.659. The molecule has 6 nitrogen and oxygen atoms in total. The van der Waals surface area contributed by atoms with Crippen LogP contribution in [0.4, 0.5) is 0 Å². The molecule has 0 aliphatic carbocycles. The first-order valence-electron chi connectivity index (χ1n) is 9.36. The summed E-state index contributed by atoms with van der Waals surface area (Å²) in [5.74, 6) is 0.415. The largest absolute Gasteiger partial charge is 0.492 e. The van der Waals surface area contributed by atoms with E-state index in [9.17, 15) is 4.79 Å². The molecule has 0 bridgehead atoms. The summed E-state index contributed by atoms with van der Waals surface area (Å²) in [5.41, 5.74) is 7.84. The average molecular weight is 369 g/mol. The van der Waals surface area contributed by atoms with E-state index in [1.165, 1.54) is 0 Å². The van der Waals surface area contributed by atoms with Gasteiger partial charge in [0.25, 0.3) is 0 Å². The van der Waals surface area contributed by atoms with E-state index in [0.717, 1.165) is 62.8 Å². The van der Waals surface area contributed by atoms with Crippen molar-refractivity contribution in [2.24, 2.45) is 5.73 Å². The third-order valence-electron chi connectivity index (χ3n) is 4.59. The van der Waals surface area contributed by atoms with Crippen molar-refractivity contribution < 1.29 is 14.3 Å². The van der Waals surface area contributed by atoms with Crippen LogP contribution in [0.1, 0.15) is 10.4 Å². The van der Waals surface area contributed by atoms with Gasteiger partial charge in [-0.15, -0.1) is 0 Å². The third-order valence-corrected chi connectivity index (χ3v) is 4.59. The zero-order valence-electron chi connectivity index (χ0n) is 15.5. The van der Waals surface area contributed by atoms with Crippen LogP contribution in [-0.4, -0.2) is 63.4 Å². The van der Waals surface area contributed by atoms with Crippen molar-refractivity contribution in [3.8, 4) is 16.9 Å². The second-order valence-corrected chi connectivity index (χ2v) is 6.52. The first-order chi connectivity index (χ1) is 13.2. The maximum atomic E-state index is 11.3. The number of nitrogens with one attached hydrogen (secondary N) is 1. The second kappa shape index (κ2) is 10.1. The van der Waals surface area contributed by atoms with E-state index in [1.807, 2.05) is 36.4 Å². The van der Waals surface area contributed by atoms with Gasteiger partial charge in [0, 0.05) is 38.3 Å². The van der Waals surface area contributed by atoms with Gasteiger partial charge in [0.15, 0.2) is 0 Å². The Labute approximate surface area is 160 Å². The minimum absolute atomic E-state index is 0.419. The van der Waals surface area contributed by atoms with Crippen molar-refractivity contribution in [3.63, 3.8) is 0 Å². The summed E-state index contributed by atoms with van der Waals surface area (Å²) in [6.45, 7) is 7.16. The highest BCUT2D eigenvalue weighted by molar-refractivity contribution is 5.94. The van der Waals surface area contributed by atoms with Crippen LogP contribution in [0.2, 0.25) is 0 Å². The Kier molecular flexibility index (Phi) is 7.21. The number of primary amides is 1. The maximum absolute atomic E-state index is 11.3. The lowest BCUT2D eigenvalue weighted by atomic mass is 10.0. The Morgan fingerprint density at radius 2 is 1.85 bits per heavy atom. The molecule has 2 aromatic carbocycles. The van der Waals surface area contributed by atoms with Crippen molar-refractivity contribution >= 4 is 5.91 Å². The Morgan fingerprint density at radius 3 is 2.59 bits per heavy atom. The molecule has 1 aliphatic heterocycles. The molecule has 0 saturated carbocycles. The highest BCUT2D eigenvalue weighted by Gasteiger charge is 2.08. The summed E-state index contributed by atoms with van der Waals surface area (Å²) >= 11 is 0. The Hall–Kier alpha value is -2.41. The topological polar surface area (TPSA) is 76.8 Å². The molecule has 6 heteroatoms. The van der Waals surface area contributed by atoms with Crippen molar-refractivity contribution in [1.82, 2.24) is 10.2 Å². The number of morpholine rings is 1. The van der Waals surface area contributed by atoms with Gasteiger partial charge >= 0.3 is 0 Å². The molecule has 27 heavy (non-hydrogen) atoms. The number of amides is 1. The highest BCUT2D eigenvalue weighted by atomic mass is 16.5. The summed E-state index contributed by atoms with van der Waals surface area (Å²) < 4.78 is 11.1. The summed E-state index contributed by atoms with van der Waals surface area (Å²) in [5, 5.41) is 3.41. The molecule has 0 spiro atoms. The molecule has 1 aliphatic rings. The fourth-order valence-corrected chi connectivity index (χ4v) is 3.02. The summed E-state index contributed by atoms with van der Waals surface area (Å²) in [6.07, 6.45) is 0. The van der Waals surface area contributed by atoms with Gasteiger partial charge in [-0.25, -0.2) is 0 Å². The first kappa shape index (κ1) is 19.4. The van der Waals surface area contributed by atoms with E-state index < -0.39 is 5.91 Å². The first-order valence-corrected chi connectivity index (χ1v) is 9.36. The predicted molar refractivity (Wildman–Crippen MR) is 106 cm³/mol. The number of hydrogen-bond donors (Lipinski definition) is 2. The van der Waals surface area contributed by atoms with Gasteiger partial charge in [0.05, 0.1) is 13.2 Å². The van der Waals surface area contributed by atoms with Gasteiger partial charge in [-0.1, -0.05) is 24.3 Å². The third kappa shape index (κ3) is 6.06. The summed E-state index contributed by atoms with van der Waals surface area (Å²) in [7, 11) is 0. The van der Waals surface area contributed by atoms with Gasteiger partial charge in [0.1, 0.15) is 12.4 Å².